The fraction of sp³-hybridized carbons (Fsp3) is 0.667. The van der Waals surface area contributed by atoms with Crippen LogP contribution in [0.15, 0.2) is 0 Å². The Hall–Kier alpha value is -1.66. The Labute approximate surface area is 73.4 Å². The highest BCUT2D eigenvalue weighted by atomic mass is 16.9. The minimum absolute atomic E-state index is 0.0430. The molecule has 7 nitrogen and oxygen atoms in total. The van der Waals surface area contributed by atoms with Crippen molar-refractivity contribution < 1.29 is 19.5 Å². The highest BCUT2D eigenvalue weighted by Crippen LogP contribution is 2.10. The fourth-order valence-corrected chi connectivity index (χ4v) is 1.08. The van der Waals surface area contributed by atoms with Gasteiger partial charge in [0.05, 0.1) is 6.54 Å². The second-order valence-corrected chi connectivity index (χ2v) is 2.50. The minimum Gasteiger partial charge on any atom is -0.312 e. The molecule has 13 heavy (non-hydrogen) atoms. The fourth-order valence-electron chi connectivity index (χ4n) is 1.08. The monoisotopic (exact) mass is 188 g/mol. The van der Waals surface area contributed by atoms with Crippen LogP contribution in [0.3, 0.4) is 0 Å². The summed E-state index contributed by atoms with van der Waals surface area (Å²) in [6.07, 6.45) is 0.384. The molecule has 0 aromatic heterocycles. The Balaban J connectivity index is 2.31. The second kappa shape index (κ2) is 3.83. The first-order chi connectivity index (χ1) is 6.11. The molecule has 2 amide bonds. The minimum atomic E-state index is -0.953. The van der Waals surface area contributed by atoms with Crippen LogP contribution in [0, 0.1) is 10.1 Å². The van der Waals surface area contributed by atoms with Crippen LogP contribution in [-0.4, -0.2) is 35.0 Å². The zero-order chi connectivity index (χ0) is 9.84. The standard InChI is InChI=1S/C6H8N2O5/c9-5-1-2-6(10)7(5)3-4-13-8(11)12/h1-4H2. The summed E-state index contributed by atoms with van der Waals surface area (Å²) in [6, 6.07) is 0. The van der Waals surface area contributed by atoms with Crippen LogP contribution in [-0.2, 0) is 14.4 Å². The summed E-state index contributed by atoms with van der Waals surface area (Å²) < 4.78 is 0. The predicted octanol–water partition coefficient (Wildman–Crippen LogP) is -0.656. The summed E-state index contributed by atoms with van der Waals surface area (Å²) in [5, 5.41) is 8.78. The van der Waals surface area contributed by atoms with Gasteiger partial charge in [-0.05, 0) is 0 Å². The molecule has 0 bridgehead atoms. The van der Waals surface area contributed by atoms with Gasteiger partial charge in [0.2, 0.25) is 11.8 Å². The van der Waals surface area contributed by atoms with E-state index in [1.54, 1.807) is 0 Å². The van der Waals surface area contributed by atoms with Crippen LogP contribution in [0.1, 0.15) is 12.8 Å². The molecule has 0 spiro atoms. The third-order valence-corrected chi connectivity index (χ3v) is 1.67. The van der Waals surface area contributed by atoms with Crippen molar-refractivity contribution >= 4 is 11.8 Å². The van der Waals surface area contributed by atoms with Crippen molar-refractivity contribution in [3.05, 3.63) is 10.1 Å². The van der Waals surface area contributed by atoms with Gasteiger partial charge in [-0.15, -0.1) is 10.1 Å². The van der Waals surface area contributed by atoms with Crippen LogP contribution in [0.4, 0.5) is 0 Å². The summed E-state index contributed by atoms with van der Waals surface area (Å²) in [5.41, 5.74) is 0. The average molecular weight is 188 g/mol. The number of carbonyl (C=O) groups excluding carboxylic acids is 2. The molecule has 1 aliphatic heterocycles. The van der Waals surface area contributed by atoms with Crippen LogP contribution >= 0.6 is 0 Å². The van der Waals surface area contributed by atoms with Gasteiger partial charge in [-0.3, -0.25) is 14.5 Å². The van der Waals surface area contributed by atoms with Crippen molar-refractivity contribution in [1.82, 2.24) is 4.90 Å². The van der Waals surface area contributed by atoms with E-state index >= 15 is 0 Å². The van der Waals surface area contributed by atoms with Crippen molar-refractivity contribution in [2.24, 2.45) is 0 Å². The third-order valence-electron chi connectivity index (χ3n) is 1.67. The first-order valence-electron chi connectivity index (χ1n) is 3.72. The maximum absolute atomic E-state index is 10.9. The topological polar surface area (TPSA) is 89.8 Å². The van der Waals surface area contributed by atoms with E-state index in [2.05, 4.69) is 4.84 Å². The number of likely N-dealkylation sites (tertiary alicyclic amines) is 1. The number of carbonyl (C=O) groups is 2. The molecule has 0 unspecified atom stereocenters. The molecule has 72 valence electrons. The summed E-state index contributed by atoms with van der Waals surface area (Å²) in [4.78, 5) is 36.6. The smallest absolute Gasteiger partial charge is 0.294 e. The molecule has 0 atom stereocenters. The molecular weight excluding hydrogens is 180 g/mol. The van der Waals surface area contributed by atoms with Gasteiger partial charge in [0.1, 0.15) is 6.61 Å². The normalized spacial score (nSPS) is 16.5. The number of hydrogen-bond donors (Lipinski definition) is 0. The summed E-state index contributed by atoms with van der Waals surface area (Å²) >= 11 is 0. The summed E-state index contributed by atoms with van der Waals surface area (Å²) in [7, 11) is 0. The lowest BCUT2D eigenvalue weighted by atomic mass is 10.4. The van der Waals surface area contributed by atoms with Crippen LogP contribution < -0.4 is 0 Å². The highest BCUT2D eigenvalue weighted by molar-refractivity contribution is 6.01. The van der Waals surface area contributed by atoms with Gasteiger partial charge < -0.3 is 4.84 Å². The molecule has 7 heteroatoms. The molecule has 0 saturated carbocycles. The maximum Gasteiger partial charge on any atom is 0.294 e. The van der Waals surface area contributed by atoms with E-state index in [4.69, 9.17) is 0 Å². The second-order valence-electron chi connectivity index (χ2n) is 2.50. The largest absolute Gasteiger partial charge is 0.312 e. The summed E-state index contributed by atoms with van der Waals surface area (Å²) in [5.74, 6) is -0.589. The molecule has 0 aromatic carbocycles. The van der Waals surface area contributed by atoms with Crippen molar-refractivity contribution in [2.75, 3.05) is 13.2 Å². The van der Waals surface area contributed by atoms with Gasteiger partial charge in [0.15, 0.2) is 0 Å². The van der Waals surface area contributed by atoms with Gasteiger partial charge in [-0.25, -0.2) is 0 Å². The van der Waals surface area contributed by atoms with E-state index in [1.807, 2.05) is 0 Å². The zero-order valence-electron chi connectivity index (χ0n) is 6.76. The zero-order valence-corrected chi connectivity index (χ0v) is 6.76. The molecule has 1 saturated heterocycles. The molecule has 0 N–H and O–H groups in total. The van der Waals surface area contributed by atoms with Crippen molar-refractivity contribution in [2.45, 2.75) is 12.8 Å². The van der Waals surface area contributed by atoms with E-state index in [9.17, 15) is 19.7 Å². The van der Waals surface area contributed by atoms with Gasteiger partial charge in [0, 0.05) is 12.8 Å². The Kier molecular flexibility index (Phi) is 2.78. The van der Waals surface area contributed by atoms with Gasteiger partial charge in [0.25, 0.3) is 5.09 Å². The first-order valence-corrected chi connectivity index (χ1v) is 3.72. The van der Waals surface area contributed by atoms with Crippen molar-refractivity contribution in [1.29, 1.82) is 0 Å². The number of imide groups is 1. The molecule has 1 heterocycles. The number of nitrogens with zero attached hydrogens (tertiary/aromatic N) is 2. The van der Waals surface area contributed by atoms with E-state index in [0.717, 1.165) is 4.90 Å². The third kappa shape index (κ3) is 2.39. The quantitative estimate of drug-likeness (QED) is 0.332. The molecule has 1 rings (SSSR count). The Morgan fingerprint density at radius 3 is 2.38 bits per heavy atom. The molecule has 0 aliphatic carbocycles. The van der Waals surface area contributed by atoms with E-state index < -0.39 is 5.09 Å². The lowest BCUT2D eigenvalue weighted by molar-refractivity contribution is -0.757. The SMILES string of the molecule is O=C1CCC(=O)N1CCO[N+](=O)[O-]. The molecule has 1 fully saturated rings. The van der Waals surface area contributed by atoms with Crippen LogP contribution in [0.25, 0.3) is 0 Å². The summed E-state index contributed by atoms with van der Waals surface area (Å²) in [6.45, 7) is -0.302. The number of rotatable bonds is 4. The maximum atomic E-state index is 10.9. The van der Waals surface area contributed by atoms with E-state index in [-0.39, 0.29) is 37.8 Å². The molecule has 0 aromatic rings. The van der Waals surface area contributed by atoms with Crippen molar-refractivity contribution in [3.63, 3.8) is 0 Å². The average Bonchev–Trinajstić information content (AvgIpc) is 2.34. The van der Waals surface area contributed by atoms with Crippen molar-refractivity contribution in [3.8, 4) is 0 Å². The first kappa shape index (κ1) is 9.43. The number of amides is 2. The van der Waals surface area contributed by atoms with Gasteiger partial charge >= 0.3 is 0 Å². The lowest BCUT2D eigenvalue weighted by Crippen LogP contribution is -2.32. The Morgan fingerprint density at radius 1 is 1.38 bits per heavy atom. The molecule has 0 radical (unpaired) electrons. The van der Waals surface area contributed by atoms with E-state index in [0.29, 0.717) is 0 Å². The van der Waals surface area contributed by atoms with Gasteiger partial charge in [-0.2, -0.15) is 0 Å². The Morgan fingerprint density at radius 2 is 1.92 bits per heavy atom. The Bertz CT molecular complexity index is 235. The van der Waals surface area contributed by atoms with Crippen LogP contribution in [0.2, 0.25) is 0 Å². The molecular formula is C6H8N2O5. The van der Waals surface area contributed by atoms with Gasteiger partial charge in [-0.1, -0.05) is 0 Å². The number of hydrogen-bond acceptors (Lipinski definition) is 5. The molecule has 1 aliphatic rings. The highest BCUT2D eigenvalue weighted by Gasteiger charge is 2.28. The van der Waals surface area contributed by atoms with Crippen LogP contribution in [0.5, 0.6) is 0 Å². The van der Waals surface area contributed by atoms with E-state index in [1.165, 1.54) is 0 Å². The predicted molar refractivity (Wildman–Crippen MR) is 38.9 cm³/mol. The lowest BCUT2D eigenvalue weighted by Gasteiger charge is -2.11.